The minimum Gasteiger partial charge on any atom is -0.479 e. The molecule has 0 bridgehead atoms. The number of carboxylic acids is 1. The monoisotopic (exact) mass is 1200 g/mol. The fourth-order valence-electron chi connectivity index (χ4n) is 10.6. The van der Waals surface area contributed by atoms with Gasteiger partial charge in [0.1, 0.15) is 18.8 Å². The van der Waals surface area contributed by atoms with Crippen molar-refractivity contribution in [3.8, 4) is 0 Å². The number of aliphatic carboxylic acids is 1. The molecule has 6 atom stereocenters. The summed E-state index contributed by atoms with van der Waals surface area (Å²) in [5, 5.41) is 31.7. The lowest BCUT2D eigenvalue weighted by atomic mass is 9.98. The van der Waals surface area contributed by atoms with Crippen LogP contribution in [0.3, 0.4) is 0 Å². The third-order valence-electron chi connectivity index (χ3n) is 16.0. The Morgan fingerprint density at radius 1 is 0.388 bits per heavy atom. The van der Waals surface area contributed by atoms with E-state index in [4.69, 9.17) is 23.7 Å². The normalized spacial score (nSPS) is 17.8. The minimum absolute atomic E-state index is 0.0552. The minimum atomic E-state index is -1.91. The van der Waals surface area contributed by atoms with E-state index in [-0.39, 0.29) is 25.9 Å². The van der Waals surface area contributed by atoms with E-state index in [0.29, 0.717) is 19.3 Å². The highest BCUT2D eigenvalue weighted by atomic mass is 16.7. The van der Waals surface area contributed by atoms with Crippen LogP contribution in [0.1, 0.15) is 329 Å². The van der Waals surface area contributed by atoms with Gasteiger partial charge < -0.3 is 39.0 Å². The molecule has 1 aliphatic rings. The van der Waals surface area contributed by atoms with Crippen molar-refractivity contribution >= 4 is 23.9 Å². The predicted octanol–water partition coefficient (Wildman–Crippen LogP) is 19.5. The van der Waals surface area contributed by atoms with E-state index in [1.54, 1.807) is 0 Å². The predicted molar refractivity (Wildman–Crippen MR) is 349 cm³/mol. The fourth-order valence-corrected chi connectivity index (χ4v) is 10.6. The van der Waals surface area contributed by atoms with Crippen molar-refractivity contribution in [2.45, 2.75) is 366 Å². The van der Waals surface area contributed by atoms with Crippen LogP contribution >= 0.6 is 0 Å². The van der Waals surface area contributed by atoms with Gasteiger partial charge in [0, 0.05) is 19.3 Å². The number of carbonyl (C=O) groups excluding carboxylic acids is 3. The molecule has 12 nitrogen and oxygen atoms in total. The summed E-state index contributed by atoms with van der Waals surface area (Å²) in [4.78, 5) is 51.5. The standard InChI is InChI=1S/C73H128O12/c1-4-7-10-13-16-19-22-25-28-31-33-36-38-41-44-47-50-53-56-59-65(74)81-62-64(83-66(75)60-57-54-51-48-45-42-39-35-30-27-24-21-18-15-12-9-6-3)63-82-73-71(69(78)68(77)70(85-73)72(79)80)84-67(76)61-58-55-52-49-46-43-40-37-34-32-29-26-23-20-17-14-11-8-5-2/h17-18,20-21,25-30,64,68-71,73,77-78H,4-16,19,22-24,31-63H2,1-3H3,(H,79,80)/b20-17-,21-18-,28-25-,29-26-,30-27-. The molecule has 0 saturated carbocycles. The first-order valence-corrected chi connectivity index (χ1v) is 35.3. The van der Waals surface area contributed by atoms with Crippen LogP contribution in [0, 0.1) is 0 Å². The van der Waals surface area contributed by atoms with Gasteiger partial charge >= 0.3 is 23.9 Å². The molecule has 1 heterocycles. The number of carboxylic acid groups (broad SMARTS) is 1. The Kier molecular flexibility index (Phi) is 56.7. The fraction of sp³-hybridized carbons (Fsp3) is 0.808. The highest BCUT2D eigenvalue weighted by Crippen LogP contribution is 2.27. The van der Waals surface area contributed by atoms with Gasteiger partial charge in [-0.3, -0.25) is 14.4 Å². The molecule has 0 aromatic carbocycles. The van der Waals surface area contributed by atoms with Gasteiger partial charge in [0.05, 0.1) is 6.61 Å². The van der Waals surface area contributed by atoms with Crippen LogP contribution in [-0.4, -0.2) is 89.2 Å². The summed E-state index contributed by atoms with van der Waals surface area (Å²) in [5.41, 5.74) is 0. The number of carbonyl (C=O) groups is 4. The first-order chi connectivity index (χ1) is 41.6. The lowest BCUT2D eigenvalue weighted by Crippen LogP contribution is -2.61. The first kappa shape index (κ1) is 79.4. The lowest BCUT2D eigenvalue weighted by Gasteiger charge is -2.40. The molecule has 1 rings (SSSR count). The van der Waals surface area contributed by atoms with Crippen molar-refractivity contribution in [1.82, 2.24) is 0 Å². The number of hydrogen-bond acceptors (Lipinski definition) is 11. The number of unbranched alkanes of at least 4 members (excludes halogenated alkanes) is 37. The second-order valence-corrected chi connectivity index (χ2v) is 24.2. The van der Waals surface area contributed by atoms with Crippen molar-refractivity contribution in [2.75, 3.05) is 13.2 Å². The lowest BCUT2D eigenvalue weighted by molar-refractivity contribution is -0.301. The van der Waals surface area contributed by atoms with Gasteiger partial charge in [-0.15, -0.1) is 0 Å². The summed E-state index contributed by atoms with van der Waals surface area (Å²) in [6.45, 7) is 5.99. The Morgan fingerprint density at radius 2 is 0.706 bits per heavy atom. The van der Waals surface area contributed by atoms with E-state index >= 15 is 0 Å². The second kappa shape index (κ2) is 60.7. The van der Waals surface area contributed by atoms with Crippen LogP contribution in [0.15, 0.2) is 60.8 Å². The molecule has 0 aromatic rings. The Bertz CT molecular complexity index is 1710. The summed E-state index contributed by atoms with van der Waals surface area (Å²) in [6, 6.07) is 0. The molecule has 3 N–H and O–H groups in total. The molecule has 0 radical (unpaired) electrons. The molecule has 1 saturated heterocycles. The van der Waals surface area contributed by atoms with Crippen molar-refractivity contribution in [3.63, 3.8) is 0 Å². The van der Waals surface area contributed by atoms with E-state index in [1.807, 2.05) is 0 Å². The van der Waals surface area contributed by atoms with Crippen LogP contribution in [0.2, 0.25) is 0 Å². The van der Waals surface area contributed by atoms with Crippen LogP contribution in [0.25, 0.3) is 0 Å². The van der Waals surface area contributed by atoms with Gasteiger partial charge in [0.2, 0.25) is 0 Å². The van der Waals surface area contributed by atoms with E-state index in [1.165, 1.54) is 173 Å². The van der Waals surface area contributed by atoms with E-state index in [9.17, 15) is 34.5 Å². The average Bonchev–Trinajstić information content (AvgIpc) is 2.79. The van der Waals surface area contributed by atoms with E-state index < -0.39 is 67.3 Å². The van der Waals surface area contributed by atoms with Gasteiger partial charge in [-0.1, -0.05) is 261 Å². The van der Waals surface area contributed by atoms with E-state index in [2.05, 4.69) is 81.5 Å². The van der Waals surface area contributed by atoms with Crippen molar-refractivity contribution in [2.24, 2.45) is 0 Å². The Morgan fingerprint density at radius 3 is 1.09 bits per heavy atom. The summed E-state index contributed by atoms with van der Waals surface area (Å²) in [6.07, 6.45) is 64.5. The summed E-state index contributed by atoms with van der Waals surface area (Å²) >= 11 is 0. The molecule has 492 valence electrons. The van der Waals surface area contributed by atoms with Gasteiger partial charge in [-0.2, -0.15) is 0 Å². The largest absolute Gasteiger partial charge is 0.479 e. The van der Waals surface area contributed by atoms with Crippen LogP contribution in [0.5, 0.6) is 0 Å². The number of hydrogen-bond donors (Lipinski definition) is 3. The molecule has 0 spiro atoms. The van der Waals surface area contributed by atoms with Gasteiger partial charge in [0.25, 0.3) is 0 Å². The molecule has 0 aromatic heterocycles. The molecule has 12 heteroatoms. The SMILES string of the molecule is CCCCC/C=C\C/C=C\CCCCCCCCCCCC(=O)OC1C(OCC(COC(=O)CCCCCCCCCCC/C=C\CCCCCCCC)OC(=O)CCCCCCCCC/C=C\C/C=C\CCCCC)OC(C(=O)O)C(O)C1O. The van der Waals surface area contributed by atoms with Crippen molar-refractivity contribution in [3.05, 3.63) is 60.8 Å². The summed E-state index contributed by atoms with van der Waals surface area (Å²) < 4.78 is 28.6. The molecule has 1 fully saturated rings. The quantitative estimate of drug-likeness (QED) is 0.0228. The summed E-state index contributed by atoms with van der Waals surface area (Å²) in [5.74, 6) is -3.11. The number of allylic oxidation sites excluding steroid dienone is 10. The highest BCUT2D eigenvalue weighted by molar-refractivity contribution is 5.74. The summed E-state index contributed by atoms with van der Waals surface area (Å²) in [7, 11) is 0. The zero-order valence-corrected chi connectivity index (χ0v) is 54.6. The number of esters is 3. The van der Waals surface area contributed by atoms with Crippen LogP contribution in [0.4, 0.5) is 0 Å². The zero-order chi connectivity index (χ0) is 61.7. The molecule has 6 unspecified atom stereocenters. The first-order valence-electron chi connectivity index (χ1n) is 35.3. The topological polar surface area (TPSA) is 175 Å². The number of aliphatic hydroxyl groups is 2. The Balaban J connectivity index is 2.63. The van der Waals surface area contributed by atoms with Crippen LogP contribution in [-0.2, 0) is 42.9 Å². The Hall–Kier alpha value is -3.58. The molecule has 1 aliphatic heterocycles. The molecular weight excluding hydrogens is 1070 g/mol. The molecule has 85 heavy (non-hydrogen) atoms. The third kappa shape index (κ3) is 50.0. The smallest absolute Gasteiger partial charge is 0.335 e. The average molecular weight is 1200 g/mol. The van der Waals surface area contributed by atoms with Gasteiger partial charge in [0.15, 0.2) is 24.6 Å². The zero-order valence-electron chi connectivity index (χ0n) is 54.6. The number of aliphatic hydroxyl groups excluding tert-OH is 2. The van der Waals surface area contributed by atoms with Crippen molar-refractivity contribution in [1.29, 1.82) is 0 Å². The Labute approximate surface area is 519 Å². The second-order valence-electron chi connectivity index (χ2n) is 24.2. The van der Waals surface area contributed by atoms with Crippen LogP contribution < -0.4 is 0 Å². The third-order valence-corrected chi connectivity index (χ3v) is 16.0. The molecular formula is C73H128O12. The van der Waals surface area contributed by atoms with Crippen molar-refractivity contribution < 1.29 is 58.2 Å². The van der Waals surface area contributed by atoms with E-state index in [0.717, 1.165) is 96.3 Å². The maximum Gasteiger partial charge on any atom is 0.335 e. The number of ether oxygens (including phenoxy) is 5. The maximum absolute atomic E-state index is 13.2. The van der Waals surface area contributed by atoms with Gasteiger partial charge in [-0.05, 0) is 109 Å². The maximum atomic E-state index is 13.2. The number of rotatable bonds is 61. The highest BCUT2D eigenvalue weighted by Gasteiger charge is 2.50. The van der Waals surface area contributed by atoms with Gasteiger partial charge in [-0.25, -0.2) is 4.79 Å². The molecule has 0 aliphatic carbocycles. The molecule has 0 amide bonds.